The Kier molecular flexibility index (Phi) is 7.70. The van der Waals surface area contributed by atoms with Gasteiger partial charge in [-0.15, -0.1) is 24.0 Å². The summed E-state index contributed by atoms with van der Waals surface area (Å²) in [4.78, 5) is 11.1. The zero-order valence-corrected chi connectivity index (χ0v) is 17.0. The summed E-state index contributed by atoms with van der Waals surface area (Å²) in [6.07, 6.45) is 8.01. The van der Waals surface area contributed by atoms with Crippen molar-refractivity contribution in [2.75, 3.05) is 19.6 Å². The van der Waals surface area contributed by atoms with Crippen LogP contribution in [0.2, 0.25) is 0 Å². The van der Waals surface area contributed by atoms with Crippen LogP contribution in [0.3, 0.4) is 0 Å². The summed E-state index contributed by atoms with van der Waals surface area (Å²) in [5, 5.41) is 3.28. The van der Waals surface area contributed by atoms with Crippen LogP contribution in [0.25, 0.3) is 5.69 Å². The molecule has 0 aliphatic carbocycles. The van der Waals surface area contributed by atoms with Gasteiger partial charge in [-0.1, -0.05) is 25.1 Å². The number of halogens is 1. The summed E-state index contributed by atoms with van der Waals surface area (Å²) in [5.74, 6) is 0.512. The minimum atomic E-state index is 0. The lowest BCUT2D eigenvalue weighted by Crippen LogP contribution is -2.42. The van der Waals surface area contributed by atoms with E-state index in [-0.39, 0.29) is 24.0 Å². The predicted octanol–water partition coefficient (Wildman–Crippen LogP) is 2.38. The molecule has 1 atom stereocenters. The minimum absolute atomic E-state index is 0. The fourth-order valence-electron chi connectivity index (χ4n) is 3.29. The third-order valence-electron chi connectivity index (χ3n) is 4.62. The monoisotopic (exact) mass is 454 g/mol. The first kappa shape index (κ1) is 19.7. The highest BCUT2D eigenvalue weighted by Gasteiger charge is 2.22. The fourth-order valence-corrected chi connectivity index (χ4v) is 3.29. The quantitative estimate of drug-likeness (QED) is 0.400. The van der Waals surface area contributed by atoms with E-state index in [1.165, 1.54) is 19.4 Å². The van der Waals surface area contributed by atoms with Crippen molar-refractivity contribution in [2.45, 2.75) is 32.4 Å². The van der Waals surface area contributed by atoms with Crippen LogP contribution >= 0.6 is 24.0 Å². The third-order valence-corrected chi connectivity index (χ3v) is 4.62. The topological polar surface area (TPSA) is 71.5 Å². The maximum absolute atomic E-state index is 6.06. The van der Waals surface area contributed by atoms with Crippen LogP contribution in [0, 0.1) is 0 Å². The Morgan fingerprint density at radius 1 is 1.40 bits per heavy atom. The molecule has 1 aliphatic rings. The molecule has 136 valence electrons. The largest absolute Gasteiger partial charge is 0.370 e. The summed E-state index contributed by atoms with van der Waals surface area (Å²) in [6.45, 7) is 5.92. The highest BCUT2D eigenvalue weighted by molar-refractivity contribution is 14.0. The maximum Gasteiger partial charge on any atom is 0.188 e. The summed E-state index contributed by atoms with van der Waals surface area (Å²) >= 11 is 0. The van der Waals surface area contributed by atoms with Crippen molar-refractivity contribution in [3.8, 4) is 5.69 Å². The maximum atomic E-state index is 6.06. The Bertz CT molecular complexity index is 670. The molecule has 1 unspecified atom stereocenters. The van der Waals surface area contributed by atoms with Crippen molar-refractivity contribution in [2.24, 2.45) is 10.7 Å². The molecule has 1 aromatic heterocycles. The van der Waals surface area contributed by atoms with Crippen LogP contribution in [0.4, 0.5) is 0 Å². The first-order valence-corrected chi connectivity index (χ1v) is 8.62. The van der Waals surface area contributed by atoms with E-state index in [0.29, 0.717) is 18.5 Å². The van der Waals surface area contributed by atoms with E-state index in [1.807, 2.05) is 22.9 Å². The number of aromatic nitrogens is 2. The molecule has 2 aromatic rings. The Labute approximate surface area is 166 Å². The first-order valence-electron chi connectivity index (χ1n) is 8.62. The first-order chi connectivity index (χ1) is 11.8. The van der Waals surface area contributed by atoms with Gasteiger partial charge in [-0.05, 0) is 37.6 Å². The Balaban J connectivity index is 0.00000225. The van der Waals surface area contributed by atoms with Crippen molar-refractivity contribution in [3.63, 3.8) is 0 Å². The number of para-hydroxylation sites is 1. The predicted molar refractivity (Wildman–Crippen MR) is 113 cm³/mol. The van der Waals surface area contributed by atoms with Gasteiger partial charge >= 0.3 is 0 Å². The van der Waals surface area contributed by atoms with Gasteiger partial charge in [0.05, 0.1) is 18.6 Å². The van der Waals surface area contributed by atoms with Crippen LogP contribution in [0.5, 0.6) is 0 Å². The van der Waals surface area contributed by atoms with E-state index in [4.69, 9.17) is 5.73 Å². The molecule has 1 fully saturated rings. The lowest BCUT2D eigenvalue weighted by atomic mass is 10.2. The summed E-state index contributed by atoms with van der Waals surface area (Å²) < 4.78 is 1.99. The molecule has 0 bridgehead atoms. The fraction of sp³-hybridized carbons (Fsp3) is 0.444. The van der Waals surface area contributed by atoms with Gasteiger partial charge < -0.3 is 15.6 Å². The molecular weight excluding hydrogens is 427 g/mol. The molecule has 0 amide bonds. The molecule has 0 spiro atoms. The van der Waals surface area contributed by atoms with Gasteiger partial charge in [-0.2, -0.15) is 0 Å². The third kappa shape index (κ3) is 5.18. The molecule has 7 heteroatoms. The van der Waals surface area contributed by atoms with Crippen LogP contribution in [0.15, 0.2) is 48.0 Å². The lowest BCUT2D eigenvalue weighted by molar-refractivity contribution is 0.267. The van der Waals surface area contributed by atoms with Gasteiger partial charge in [0, 0.05) is 25.0 Å². The number of hydrogen-bond acceptors (Lipinski definition) is 3. The standard InChI is InChI=1S/C18H26N6.HI/c1-2-23-10-5-7-16(23)13-22-18(19)21-12-15-6-3-4-8-17(15)24-11-9-20-14-24;/h3-4,6,8-9,11,14,16H,2,5,7,10,12-13H2,1H3,(H3,19,21,22);1H. The number of guanidine groups is 1. The number of nitrogens with zero attached hydrogens (tertiary/aromatic N) is 4. The molecule has 0 saturated carbocycles. The number of benzene rings is 1. The van der Waals surface area contributed by atoms with E-state index in [0.717, 1.165) is 24.3 Å². The number of nitrogens with two attached hydrogens (primary N) is 1. The van der Waals surface area contributed by atoms with Gasteiger partial charge in [-0.25, -0.2) is 9.98 Å². The SMILES string of the molecule is CCN1CCCC1CNC(N)=NCc1ccccc1-n1ccnc1.I. The highest BCUT2D eigenvalue weighted by atomic mass is 127. The molecule has 2 heterocycles. The van der Waals surface area contributed by atoms with E-state index in [1.54, 1.807) is 12.5 Å². The average Bonchev–Trinajstić information content (AvgIpc) is 3.29. The van der Waals surface area contributed by atoms with Crippen LogP contribution in [-0.2, 0) is 6.54 Å². The zero-order chi connectivity index (χ0) is 16.8. The molecule has 3 N–H and O–H groups in total. The lowest BCUT2D eigenvalue weighted by Gasteiger charge is -2.23. The van der Waals surface area contributed by atoms with E-state index < -0.39 is 0 Å². The van der Waals surface area contributed by atoms with Crippen LogP contribution in [-0.4, -0.2) is 46.1 Å². The van der Waals surface area contributed by atoms with E-state index in [9.17, 15) is 0 Å². The number of likely N-dealkylation sites (tertiary alicyclic amines) is 1. The normalized spacial score (nSPS) is 18.1. The molecule has 1 saturated heterocycles. The number of aliphatic imine (C=N–C) groups is 1. The zero-order valence-electron chi connectivity index (χ0n) is 14.6. The van der Waals surface area contributed by atoms with Crippen molar-refractivity contribution in [1.82, 2.24) is 19.8 Å². The number of imidazole rings is 1. The summed E-state index contributed by atoms with van der Waals surface area (Å²) in [5.41, 5.74) is 8.26. The second-order valence-corrected chi connectivity index (χ2v) is 6.11. The van der Waals surface area contributed by atoms with Gasteiger partial charge in [-0.3, -0.25) is 4.90 Å². The molecule has 3 rings (SSSR count). The van der Waals surface area contributed by atoms with Crippen molar-refractivity contribution in [3.05, 3.63) is 48.5 Å². The van der Waals surface area contributed by atoms with E-state index >= 15 is 0 Å². The Hall–Kier alpha value is -1.61. The molecular formula is C18H27IN6. The summed E-state index contributed by atoms with van der Waals surface area (Å²) in [7, 11) is 0. The molecule has 1 aliphatic heterocycles. The molecule has 1 aromatic carbocycles. The van der Waals surface area contributed by atoms with Gasteiger partial charge in [0.15, 0.2) is 5.96 Å². The molecule has 25 heavy (non-hydrogen) atoms. The number of nitrogens with one attached hydrogen (secondary N) is 1. The minimum Gasteiger partial charge on any atom is -0.370 e. The number of hydrogen-bond donors (Lipinski definition) is 2. The van der Waals surface area contributed by atoms with Crippen LogP contribution in [0.1, 0.15) is 25.3 Å². The highest BCUT2D eigenvalue weighted by Crippen LogP contribution is 2.16. The summed E-state index contributed by atoms with van der Waals surface area (Å²) in [6, 6.07) is 8.74. The second-order valence-electron chi connectivity index (χ2n) is 6.11. The van der Waals surface area contributed by atoms with E-state index in [2.05, 4.69) is 39.2 Å². The number of rotatable bonds is 6. The van der Waals surface area contributed by atoms with Crippen molar-refractivity contribution < 1.29 is 0 Å². The van der Waals surface area contributed by atoms with Crippen molar-refractivity contribution >= 4 is 29.9 Å². The van der Waals surface area contributed by atoms with Gasteiger partial charge in [0.1, 0.15) is 0 Å². The Morgan fingerprint density at radius 2 is 2.24 bits per heavy atom. The van der Waals surface area contributed by atoms with Crippen LogP contribution < -0.4 is 11.1 Å². The second kappa shape index (κ2) is 9.76. The van der Waals surface area contributed by atoms with Gasteiger partial charge in [0.25, 0.3) is 0 Å². The Morgan fingerprint density at radius 3 is 3.00 bits per heavy atom. The molecule has 0 radical (unpaired) electrons. The molecule has 6 nitrogen and oxygen atoms in total. The average molecular weight is 454 g/mol. The van der Waals surface area contributed by atoms with Gasteiger partial charge in [0.2, 0.25) is 0 Å². The number of likely N-dealkylation sites (N-methyl/N-ethyl adjacent to an activating group) is 1. The van der Waals surface area contributed by atoms with Crippen molar-refractivity contribution in [1.29, 1.82) is 0 Å². The smallest absolute Gasteiger partial charge is 0.188 e.